The van der Waals surface area contributed by atoms with Gasteiger partial charge in [0.15, 0.2) is 0 Å². The molecule has 1 aliphatic heterocycles. The molecule has 1 N–H and O–H groups in total. The highest BCUT2D eigenvalue weighted by molar-refractivity contribution is 5.28. The molecule has 0 aromatic heterocycles. The highest BCUT2D eigenvalue weighted by Crippen LogP contribution is 2.26. The maximum Gasteiger partial charge on any atom is 0.0641 e. The minimum Gasteiger partial charge on any atom is -0.375 e. The monoisotopic (exact) mass is 247 g/mol. The van der Waals surface area contributed by atoms with Gasteiger partial charge in [-0.25, -0.2) is 0 Å². The van der Waals surface area contributed by atoms with Crippen LogP contribution in [0.2, 0.25) is 0 Å². The van der Waals surface area contributed by atoms with Gasteiger partial charge in [0.1, 0.15) is 0 Å². The van der Waals surface area contributed by atoms with Crippen LogP contribution in [0.4, 0.5) is 0 Å². The van der Waals surface area contributed by atoms with Crippen LogP contribution in [0.15, 0.2) is 24.3 Å². The molecule has 0 aliphatic carbocycles. The fraction of sp³-hybridized carbons (Fsp3) is 0.625. The van der Waals surface area contributed by atoms with E-state index >= 15 is 0 Å². The van der Waals surface area contributed by atoms with Crippen molar-refractivity contribution in [2.24, 2.45) is 0 Å². The van der Waals surface area contributed by atoms with Gasteiger partial charge < -0.3 is 10.1 Å². The van der Waals surface area contributed by atoms with Crippen LogP contribution in [0.5, 0.6) is 0 Å². The Morgan fingerprint density at radius 1 is 1.33 bits per heavy atom. The normalized spacial score (nSPS) is 24.8. The third-order valence-electron chi connectivity index (χ3n) is 3.84. The Morgan fingerprint density at radius 2 is 2.06 bits per heavy atom. The van der Waals surface area contributed by atoms with Crippen molar-refractivity contribution in [3.05, 3.63) is 35.4 Å². The lowest BCUT2D eigenvalue weighted by Crippen LogP contribution is -2.44. The van der Waals surface area contributed by atoms with Gasteiger partial charge in [-0.15, -0.1) is 0 Å². The van der Waals surface area contributed by atoms with Crippen molar-refractivity contribution in [3.63, 3.8) is 0 Å². The number of aryl methyl sites for hydroxylation is 1. The van der Waals surface area contributed by atoms with E-state index < -0.39 is 0 Å². The lowest BCUT2D eigenvalue weighted by molar-refractivity contribution is -0.0640. The van der Waals surface area contributed by atoms with Gasteiger partial charge in [0.25, 0.3) is 0 Å². The second kappa shape index (κ2) is 5.41. The van der Waals surface area contributed by atoms with Gasteiger partial charge >= 0.3 is 0 Å². The second-order valence-corrected chi connectivity index (χ2v) is 6.04. The molecule has 2 unspecified atom stereocenters. The van der Waals surface area contributed by atoms with Crippen molar-refractivity contribution in [3.8, 4) is 0 Å². The van der Waals surface area contributed by atoms with Crippen LogP contribution in [-0.2, 0) is 4.74 Å². The Balaban J connectivity index is 1.99. The van der Waals surface area contributed by atoms with Crippen LogP contribution in [0.25, 0.3) is 0 Å². The zero-order chi connectivity index (χ0) is 13.2. The molecule has 18 heavy (non-hydrogen) atoms. The Kier molecular flexibility index (Phi) is 4.08. The molecular formula is C16H25NO. The van der Waals surface area contributed by atoms with Crippen LogP contribution in [0.1, 0.15) is 50.8 Å². The largest absolute Gasteiger partial charge is 0.375 e. The number of benzene rings is 1. The van der Waals surface area contributed by atoms with Crippen molar-refractivity contribution < 1.29 is 4.74 Å². The average molecular weight is 247 g/mol. The number of rotatable bonds is 3. The zero-order valence-electron chi connectivity index (χ0n) is 12.0. The number of ether oxygens (including phenoxy) is 1. The Morgan fingerprint density at radius 3 is 2.72 bits per heavy atom. The Hall–Kier alpha value is -0.860. The van der Waals surface area contributed by atoms with Gasteiger partial charge in [-0.1, -0.05) is 24.3 Å². The molecule has 1 aromatic rings. The summed E-state index contributed by atoms with van der Waals surface area (Å²) in [5, 5.41) is 3.75. The SMILES string of the molecule is Cc1ccccc1C(C)NC1CCOC(C)(C)C1. The van der Waals surface area contributed by atoms with Gasteiger partial charge in [-0.2, -0.15) is 0 Å². The summed E-state index contributed by atoms with van der Waals surface area (Å²) >= 11 is 0. The summed E-state index contributed by atoms with van der Waals surface area (Å²) in [6.45, 7) is 9.66. The molecule has 1 saturated heterocycles. The molecule has 2 rings (SSSR count). The van der Waals surface area contributed by atoms with Crippen LogP contribution in [-0.4, -0.2) is 18.2 Å². The van der Waals surface area contributed by atoms with Gasteiger partial charge in [0.2, 0.25) is 0 Å². The average Bonchev–Trinajstić information content (AvgIpc) is 2.28. The summed E-state index contributed by atoms with van der Waals surface area (Å²) in [5.74, 6) is 0. The summed E-state index contributed by atoms with van der Waals surface area (Å²) in [5.41, 5.74) is 2.78. The lowest BCUT2D eigenvalue weighted by atomic mass is 9.92. The standard InChI is InChI=1S/C16H25NO/c1-12-7-5-6-8-15(12)13(2)17-14-9-10-18-16(3,4)11-14/h5-8,13-14,17H,9-11H2,1-4H3. The molecule has 2 nitrogen and oxygen atoms in total. The fourth-order valence-corrected chi connectivity index (χ4v) is 2.89. The van der Waals surface area contributed by atoms with Gasteiger partial charge in [0.05, 0.1) is 5.60 Å². The fourth-order valence-electron chi connectivity index (χ4n) is 2.89. The predicted octanol–water partition coefficient (Wildman–Crippen LogP) is 3.60. The number of nitrogens with one attached hydrogen (secondary N) is 1. The van der Waals surface area contributed by atoms with Crippen LogP contribution < -0.4 is 5.32 Å². The van der Waals surface area contributed by atoms with Crippen LogP contribution >= 0.6 is 0 Å². The predicted molar refractivity (Wildman–Crippen MR) is 75.8 cm³/mol. The molecule has 1 aromatic carbocycles. The maximum atomic E-state index is 5.77. The van der Waals surface area contributed by atoms with E-state index in [-0.39, 0.29) is 5.60 Å². The maximum absolute atomic E-state index is 5.77. The highest BCUT2D eigenvalue weighted by Gasteiger charge is 2.29. The minimum absolute atomic E-state index is 0.0152. The van der Waals surface area contributed by atoms with Gasteiger partial charge in [0, 0.05) is 18.7 Å². The molecule has 100 valence electrons. The van der Waals surface area contributed by atoms with Crippen molar-refractivity contribution >= 4 is 0 Å². The van der Waals surface area contributed by atoms with Crippen molar-refractivity contribution in [2.45, 2.75) is 58.2 Å². The van der Waals surface area contributed by atoms with E-state index in [2.05, 4.69) is 57.3 Å². The summed E-state index contributed by atoms with van der Waals surface area (Å²) < 4.78 is 5.77. The molecule has 0 radical (unpaired) electrons. The molecule has 1 heterocycles. The minimum atomic E-state index is 0.0152. The Labute approximate surface area is 111 Å². The van der Waals surface area contributed by atoms with E-state index in [4.69, 9.17) is 4.74 Å². The first-order chi connectivity index (χ1) is 8.48. The first-order valence-electron chi connectivity index (χ1n) is 6.93. The van der Waals surface area contributed by atoms with E-state index in [9.17, 15) is 0 Å². The Bertz CT molecular complexity index is 400. The van der Waals surface area contributed by atoms with Gasteiger partial charge in [-0.05, 0) is 51.7 Å². The van der Waals surface area contributed by atoms with Crippen molar-refractivity contribution in [1.29, 1.82) is 0 Å². The van der Waals surface area contributed by atoms with Crippen LogP contribution in [0.3, 0.4) is 0 Å². The van der Waals surface area contributed by atoms with E-state index in [1.54, 1.807) is 0 Å². The van der Waals surface area contributed by atoms with E-state index in [1.165, 1.54) is 11.1 Å². The van der Waals surface area contributed by atoms with Crippen molar-refractivity contribution in [2.75, 3.05) is 6.61 Å². The summed E-state index contributed by atoms with van der Waals surface area (Å²) in [7, 11) is 0. The van der Waals surface area contributed by atoms with E-state index in [0.29, 0.717) is 12.1 Å². The lowest BCUT2D eigenvalue weighted by Gasteiger charge is -2.37. The van der Waals surface area contributed by atoms with Gasteiger partial charge in [-0.3, -0.25) is 0 Å². The second-order valence-electron chi connectivity index (χ2n) is 6.04. The molecular weight excluding hydrogens is 222 g/mol. The quantitative estimate of drug-likeness (QED) is 0.881. The molecule has 0 spiro atoms. The molecule has 2 atom stereocenters. The molecule has 0 saturated carbocycles. The van der Waals surface area contributed by atoms with E-state index in [0.717, 1.165) is 19.4 Å². The summed E-state index contributed by atoms with van der Waals surface area (Å²) in [6, 6.07) is 9.59. The molecule has 0 bridgehead atoms. The first-order valence-corrected chi connectivity index (χ1v) is 6.93. The molecule has 1 fully saturated rings. The van der Waals surface area contributed by atoms with Crippen molar-refractivity contribution in [1.82, 2.24) is 5.32 Å². The summed E-state index contributed by atoms with van der Waals surface area (Å²) in [6.07, 6.45) is 2.20. The summed E-state index contributed by atoms with van der Waals surface area (Å²) in [4.78, 5) is 0. The van der Waals surface area contributed by atoms with Crippen LogP contribution in [0, 0.1) is 6.92 Å². The highest BCUT2D eigenvalue weighted by atomic mass is 16.5. The van der Waals surface area contributed by atoms with E-state index in [1.807, 2.05) is 0 Å². The molecule has 2 heteroatoms. The number of hydrogen-bond donors (Lipinski definition) is 1. The smallest absolute Gasteiger partial charge is 0.0641 e. The third-order valence-corrected chi connectivity index (χ3v) is 3.84. The first kappa shape index (κ1) is 13.6. The topological polar surface area (TPSA) is 21.3 Å². The molecule has 0 amide bonds. The zero-order valence-corrected chi connectivity index (χ0v) is 12.0. The molecule has 1 aliphatic rings. The number of hydrogen-bond acceptors (Lipinski definition) is 2. The third kappa shape index (κ3) is 3.33.